The largest absolute Gasteiger partial charge is 0.462 e. The molecular weight excluding hydrogens is 669 g/mol. The Labute approximate surface area is 338 Å². The molecule has 322 valence electrons. The van der Waals surface area contributed by atoms with E-state index < -0.39 is 6.10 Å². The summed E-state index contributed by atoms with van der Waals surface area (Å²) in [5, 5.41) is 0. The van der Waals surface area contributed by atoms with Crippen molar-refractivity contribution in [2.24, 2.45) is 0 Å². The van der Waals surface area contributed by atoms with Gasteiger partial charge in [-0.1, -0.05) is 245 Å². The first-order chi connectivity index (χ1) is 26.6. The van der Waals surface area contributed by atoms with Gasteiger partial charge in [-0.05, 0) is 19.3 Å². The number of carbonyl (C=O) groups excluding carboxylic acids is 2. The Morgan fingerprint density at radius 2 is 0.611 bits per heavy atom. The summed E-state index contributed by atoms with van der Waals surface area (Å²) in [7, 11) is 0. The molecule has 0 saturated heterocycles. The van der Waals surface area contributed by atoms with E-state index in [-0.39, 0.29) is 18.5 Å². The highest BCUT2D eigenvalue weighted by atomic mass is 16.6. The predicted octanol–water partition coefficient (Wildman–Crippen LogP) is 16.1. The normalized spacial score (nSPS) is 12.0. The van der Waals surface area contributed by atoms with Crippen LogP contribution >= 0.6 is 0 Å². The van der Waals surface area contributed by atoms with Crippen LogP contribution in [0, 0.1) is 0 Å². The van der Waals surface area contributed by atoms with Gasteiger partial charge in [-0.3, -0.25) is 9.59 Å². The van der Waals surface area contributed by atoms with Crippen LogP contribution < -0.4 is 0 Å². The van der Waals surface area contributed by atoms with Crippen LogP contribution in [0.4, 0.5) is 0 Å². The average molecular weight is 765 g/mol. The first-order valence-electron chi connectivity index (χ1n) is 24.6. The van der Waals surface area contributed by atoms with Crippen molar-refractivity contribution >= 4 is 11.9 Å². The molecule has 0 aliphatic heterocycles. The van der Waals surface area contributed by atoms with Gasteiger partial charge in [0.2, 0.25) is 0 Å². The summed E-state index contributed by atoms with van der Waals surface area (Å²) in [5.74, 6) is -0.378. The molecule has 5 heteroatoms. The second-order valence-electron chi connectivity index (χ2n) is 16.7. The number of carbonyl (C=O) groups is 2. The highest BCUT2D eigenvalue weighted by molar-refractivity contribution is 5.70. The summed E-state index contributed by atoms with van der Waals surface area (Å²) in [6.07, 6.45) is 49.7. The molecule has 0 aromatic rings. The number of rotatable bonds is 46. The Balaban J connectivity index is 3.99. The van der Waals surface area contributed by atoms with Gasteiger partial charge in [0, 0.05) is 19.4 Å². The molecule has 0 rings (SSSR count). The van der Waals surface area contributed by atoms with Crippen molar-refractivity contribution in [2.75, 3.05) is 19.8 Å². The Bertz CT molecular complexity index is 740. The monoisotopic (exact) mass is 765 g/mol. The van der Waals surface area contributed by atoms with Crippen molar-refractivity contribution in [1.29, 1.82) is 0 Å². The second-order valence-corrected chi connectivity index (χ2v) is 16.7. The SMILES string of the molecule is CCCCCCCCCCCCCCCCCCCCCC(=O)OCC(COCCCCCCCC)OC(=O)CCCCCCCCCCCCCCC. The first-order valence-corrected chi connectivity index (χ1v) is 24.6. The van der Waals surface area contributed by atoms with Crippen LogP contribution in [0.1, 0.15) is 278 Å². The Kier molecular flexibility index (Phi) is 45.3. The highest BCUT2D eigenvalue weighted by Gasteiger charge is 2.17. The third-order valence-electron chi connectivity index (χ3n) is 11.1. The number of ether oxygens (including phenoxy) is 3. The van der Waals surface area contributed by atoms with E-state index in [9.17, 15) is 9.59 Å². The van der Waals surface area contributed by atoms with E-state index in [1.807, 2.05) is 0 Å². The minimum atomic E-state index is -0.520. The van der Waals surface area contributed by atoms with Crippen molar-refractivity contribution < 1.29 is 23.8 Å². The van der Waals surface area contributed by atoms with Gasteiger partial charge in [0.05, 0.1) is 6.61 Å². The van der Waals surface area contributed by atoms with Gasteiger partial charge >= 0.3 is 11.9 Å². The van der Waals surface area contributed by atoms with Gasteiger partial charge < -0.3 is 14.2 Å². The third kappa shape index (κ3) is 43.6. The molecule has 1 atom stereocenters. The molecule has 5 nitrogen and oxygen atoms in total. The van der Waals surface area contributed by atoms with E-state index in [0.29, 0.717) is 26.1 Å². The molecular formula is C49H96O5. The predicted molar refractivity (Wildman–Crippen MR) is 233 cm³/mol. The van der Waals surface area contributed by atoms with Gasteiger partial charge in [-0.25, -0.2) is 0 Å². The molecule has 0 radical (unpaired) electrons. The molecule has 0 aromatic carbocycles. The van der Waals surface area contributed by atoms with Crippen LogP contribution in [0.15, 0.2) is 0 Å². The van der Waals surface area contributed by atoms with Crippen LogP contribution in [0.25, 0.3) is 0 Å². The summed E-state index contributed by atoms with van der Waals surface area (Å²) in [4.78, 5) is 25.2. The lowest BCUT2D eigenvalue weighted by molar-refractivity contribution is -0.163. The lowest BCUT2D eigenvalue weighted by Gasteiger charge is -2.18. The fourth-order valence-corrected chi connectivity index (χ4v) is 7.45. The van der Waals surface area contributed by atoms with Gasteiger partial charge in [0.15, 0.2) is 6.10 Å². The molecule has 0 aliphatic rings. The topological polar surface area (TPSA) is 61.8 Å². The zero-order valence-electron chi connectivity index (χ0n) is 37.0. The van der Waals surface area contributed by atoms with Crippen LogP contribution in [-0.4, -0.2) is 37.9 Å². The minimum Gasteiger partial charge on any atom is -0.462 e. The number of unbranched alkanes of at least 4 members (excludes halogenated alkanes) is 35. The van der Waals surface area contributed by atoms with Gasteiger partial charge in [-0.15, -0.1) is 0 Å². The summed E-state index contributed by atoms with van der Waals surface area (Å²) in [5.41, 5.74) is 0. The number of hydrogen-bond donors (Lipinski definition) is 0. The smallest absolute Gasteiger partial charge is 0.306 e. The summed E-state index contributed by atoms with van der Waals surface area (Å²) < 4.78 is 17.3. The van der Waals surface area contributed by atoms with E-state index in [4.69, 9.17) is 14.2 Å². The van der Waals surface area contributed by atoms with E-state index in [0.717, 1.165) is 38.5 Å². The first kappa shape index (κ1) is 52.9. The fourth-order valence-electron chi connectivity index (χ4n) is 7.45. The molecule has 0 saturated carbocycles. The average Bonchev–Trinajstić information content (AvgIpc) is 3.17. The lowest BCUT2D eigenvalue weighted by Crippen LogP contribution is -2.30. The van der Waals surface area contributed by atoms with Crippen molar-refractivity contribution in [1.82, 2.24) is 0 Å². The second kappa shape index (κ2) is 46.3. The van der Waals surface area contributed by atoms with Crippen molar-refractivity contribution in [3.63, 3.8) is 0 Å². The van der Waals surface area contributed by atoms with E-state index in [1.165, 1.54) is 205 Å². The standard InChI is InChI=1S/C49H96O5/c1-4-7-10-13-16-18-20-22-23-24-25-26-27-29-30-32-34-36-39-42-48(50)53-46-47(45-52-44-41-38-15-12-9-6-3)54-49(51)43-40-37-35-33-31-28-21-19-17-14-11-8-5-2/h47H,4-46H2,1-3H3. The third-order valence-corrected chi connectivity index (χ3v) is 11.1. The van der Waals surface area contributed by atoms with Crippen LogP contribution in [0.5, 0.6) is 0 Å². The molecule has 0 amide bonds. The summed E-state index contributed by atoms with van der Waals surface area (Å²) >= 11 is 0. The maximum absolute atomic E-state index is 12.7. The molecule has 0 spiro atoms. The zero-order valence-corrected chi connectivity index (χ0v) is 37.0. The van der Waals surface area contributed by atoms with Crippen molar-refractivity contribution in [3.05, 3.63) is 0 Å². The molecule has 0 aromatic heterocycles. The molecule has 54 heavy (non-hydrogen) atoms. The zero-order chi connectivity index (χ0) is 39.3. The molecule has 0 N–H and O–H groups in total. The summed E-state index contributed by atoms with van der Waals surface area (Å²) in [6.45, 7) is 7.85. The van der Waals surface area contributed by atoms with E-state index in [2.05, 4.69) is 20.8 Å². The van der Waals surface area contributed by atoms with Gasteiger partial charge in [0.25, 0.3) is 0 Å². The molecule has 0 aliphatic carbocycles. The van der Waals surface area contributed by atoms with Crippen molar-refractivity contribution in [2.45, 2.75) is 284 Å². The molecule has 0 fully saturated rings. The quantitative estimate of drug-likeness (QED) is 0.0456. The lowest BCUT2D eigenvalue weighted by atomic mass is 10.0. The van der Waals surface area contributed by atoms with Crippen molar-refractivity contribution in [3.8, 4) is 0 Å². The molecule has 0 heterocycles. The number of esters is 2. The maximum atomic E-state index is 12.7. The summed E-state index contributed by atoms with van der Waals surface area (Å²) in [6, 6.07) is 0. The number of hydrogen-bond acceptors (Lipinski definition) is 5. The minimum absolute atomic E-state index is 0.0960. The Morgan fingerprint density at radius 3 is 0.944 bits per heavy atom. The van der Waals surface area contributed by atoms with Crippen LogP contribution in [-0.2, 0) is 23.8 Å². The van der Waals surface area contributed by atoms with Gasteiger partial charge in [0.1, 0.15) is 6.61 Å². The van der Waals surface area contributed by atoms with Crippen LogP contribution in [0.3, 0.4) is 0 Å². The Hall–Kier alpha value is -1.10. The van der Waals surface area contributed by atoms with Crippen LogP contribution in [0.2, 0.25) is 0 Å². The maximum Gasteiger partial charge on any atom is 0.306 e. The fraction of sp³-hybridized carbons (Fsp3) is 0.959. The highest BCUT2D eigenvalue weighted by Crippen LogP contribution is 2.16. The van der Waals surface area contributed by atoms with E-state index in [1.54, 1.807) is 0 Å². The molecule has 1 unspecified atom stereocenters. The van der Waals surface area contributed by atoms with E-state index >= 15 is 0 Å². The Morgan fingerprint density at radius 1 is 0.333 bits per heavy atom. The van der Waals surface area contributed by atoms with Gasteiger partial charge in [-0.2, -0.15) is 0 Å². The molecule has 0 bridgehead atoms.